The largest absolute Gasteiger partial charge is 1.00 e. The number of benzene rings is 1. The molecule has 12 heteroatoms. The Labute approximate surface area is 157 Å². The summed E-state index contributed by atoms with van der Waals surface area (Å²) in [5.74, 6) is 0. The van der Waals surface area contributed by atoms with Gasteiger partial charge < -0.3 is 9.11 Å². The number of thiazole rings is 1. The first-order valence-corrected chi connectivity index (χ1v) is 7.63. The Hall–Kier alpha value is 0.930. The van der Waals surface area contributed by atoms with Gasteiger partial charge in [0.05, 0.1) is 15.1 Å². The Bertz CT molecular complexity index is 767. The molecule has 0 aliphatic rings. The molecule has 0 saturated heterocycles. The summed E-state index contributed by atoms with van der Waals surface area (Å²) in [6.45, 7) is 0. The van der Waals surface area contributed by atoms with Gasteiger partial charge in [-0.25, -0.2) is 21.8 Å². The van der Waals surface area contributed by atoms with Gasteiger partial charge in [-0.1, -0.05) is 0 Å². The van der Waals surface area contributed by atoms with Crippen molar-refractivity contribution in [2.75, 3.05) is 0 Å². The van der Waals surface area contributed by atoms with Crippen LogP contribution >= 0.6 is 11.3 Å². The van der Waals surface area contributed by atoms with Crippen LogP contribution in [0.2, 0.25) is 0 Å². The van der Waals surface area contributed by atoms with Gasteiger partial charge in [-0.2, -0.15) is 0 Å². The smallest absolute Gasteiger partial charge is 0.744 e. The van der Waals surface area contributed by atoms with Crippen LogP contribution in [0.4, 0.5) is 0 Å². The van der Waals surface area contributed by atoms with Crippen molar-refractivity contribution in [2.45, 2.75) is 9.24 Å². The Morgan fingerprint density at radius 2 is 1.58 bits per heavy atom. The third kappa shape index (κ3) is 4.71. The molecule has 0 fully saturated rings. The quantitative estimate of drug-likeness (QED) is 0.394. The van der Waals surface area contributed by atoms with E-state index in [4.69, 9.17) is 0 Å². The van der Waals surface area contributed by atoms with Crippen molar-refractivity contribution >= 4 is 41.8 Å². The summed E-state index contributed by atoms with van der Waals surface area (Å²) >= 11 is 0.615. The molecule has 0 radical (unpaired) electrons. The van der Waals surface area contributed by atoms with Crippen molar-refractivity contribution in [1.29, 1.82) is 0 Å². The zero-order valence-electron chi connectivity index (χ0n) is 9.85. The predicted molar refractivity (Wildman–Crippen MR) is 55.5 cm³/mol. The molecule has 1 heterocycles. The van der Waals surface area contributed by atoms with Crippen molar-refractivity contribution in [1.82, 2.24) is 4.98 Å². The van der Waals surface area contributed by atoms with E-state index in [9.17, 15) is 25.9 Å². The summed E-state index contributed by atoms with van der Waals surface area (Å²) in [5, 5.41) is 0. The second kappa shape index (κ2) is 6.79. The molecular formula is C7H3NNa2O6S3. The van der Waals surface area contributed by atoms with Crippen LogP contribution in [-0.4, -0.2) is 30.9 Å². The Kier molecular flexibility index (Phi) is 7.13. The molecule has 2 rings (SSSR count). The van der Waals surface area contributed by atoms with E-state index < -0.39 is 29.5 Å². The Morgan fingerprint density at radius 1 is 1.00 bits per heavy atom. The second-order valence-corrected chi connectivity index (χ2v) is 6.98. The van der Waals surface area contributed by atoms with E-state index >= 15 is 0 Å². The summed E-state index contributed by atoms with van der Waals surface area (Å²) in [5.41, 5.74) is -0.0126. The van der Waals surface area contributed by atoms with E-state index in [0.29, 0.717) is 16.0 Å². The minimum Gasteiger partial charge on any atom is -0.744 e. The Balaban J connectivity index is 0.00000162. The van der Waals surface area contributed by atoms with Crippen LogP contribution in [0.3, 0.4) is 0 Å². The maximum atomic E-state index is 10.7. The number of nitrogens with zero attached hydrogens (tertiary/aromatic N) is 1. The molecule has 0 bridgehead atoms. The number of hydrogen-bond donors (Lipinski definition) is 0. The fraction of sp³-hybridized carbons (Fsp3) is 0. The van der Waals surface area contributed by atoms with Crippen molar-refractivity contribution in [3.63, 3.8) is 0 Å². The standard InChI is InChI=1S/C7H5NO6S3.2Na/c9-16(10,11)4-1-2-6-5(3-4)8-7(15-6)17(12,13)14;;/h1-3H,(H,9,10,11)(H,12,13,14);;/q;2*+1/p-2. The number of aromatic nitrogens is 1. The van der Waals surface area contributed by atoms with Crippen LogP contribution in [0, 0.1) is 0 Å². The van der Waals surface area contributed by atoms with Gasteiger partial charge in [-0.3, -0.25) is 0 Å². The van der Waals surface area contributed by atoms with E-state index in [1.807, 2.05) is 0 Å². The molecule has 0 atom stereocenters. The third-order valence-corrected chi connectivity index (χ3v) is 4.89. The molecule has 0 N–H and O–H groups in total. The first kappa shape index (κ1) is 19.9. The van der Waals surface area contributed by atoms with Crippen LogP contribution in [0.15, 0.2) is 27.4 Å². The molecule has 19 heavy (non-hydrogen) atoms. The van der Waals surface area contributed by atoms with Crippen LogP contribution in [0.5, 0.6) is 0 Å². The number of rotatable bonds is 2. The molecule has 0 aliphatic carbocycles. The molecule has 2 aromatic rings. The van der Waals surface area contributed by atoms with Gasteiger partial charge >= 0.3 is 59.1 Å². The molecule has 1 aromatic heterocycles. The summed E-state index contributed by atoms with van der Waals surface area (Å²) in [6, 6.07) is 3.19. The maximum absolute atomic E-state index is 10.7. The zero-order valence-corrected chi connectivity index (χ0v) is 16.3. The average Bonchev–Trinajstić information content (AvgIpc) is 2.57. The fourth-order valence-corrected chi connectivity index (χ4v) is 3.20. The monoisotopic (exact) mass is 339 g/mol. The number of hydrogen-bond acceptors (Lipinski definition) is 8. The molecule has 0 spiro atoms. The second-order valence-electron chi connectivity index (χ2n) is 3.02. The van der Waals surface area contributed by atoms with Crippen LogP contribution in [-0.2, 0) is 20.2 Å². The van der Waals surface area contributed by atoms with Gasteiger partial charge in [0, 0.05) is 0 Å². The third-order valence-electron chi connectivity index (χ3n) is 1.84. The van der Waals surface area contributed by atoms with Crippen LogP contribution in [0.25, 0.3) is 10.2 Å². The van der Waals surface area contributed by atoms with Gasteiger partial charge in [-0.05, 0) is 18.2 Å². The minimum atomic E-state index is -4.68. The normalized spacial score (nSPS) is 11.7. The Morgan fingerprint density at radius 3 is 2.05 bits per heavy atom. The van der Waals surface area contributed by atoms with Crippen LogP contribution < -0.4 is 59.1 Å². The van der Waals surface area contributed by atoms with E-state index in [0.717, 1.165) is 12.1 Å². The minimum absolute atomic E-state index is 0. The molecule has 0 saturated carbocycles. The van der Waals surface area contributed by atoms with Crippen LogP contribution in [0.1, 0.15) is 0 Å². The summed E-state index contributed by atoms with van der Waals surface area (Å²) < 4.78 is 63.9. The van der Waals surface area contributed by atoms with E-state index in [1.165, 1.54) is 6.07 Å². The van der Waals surface area contributed by atoms with E-state index in [-0.39, 0.29) is 64.6 Å². The average molecular weight is 339 g/mol. The molecule has 92 valence electrons. The van der Waals surface area contributed by atoms with Crippen molar-refractivity contribution in [3.8, 4) is 0 Å². The SMILES string of the molecule is O=S(=O)([O-])c1ccc2sc(S(=O)(=O)[O-])nc2c1.[Na+].[Na+]. The summed E-state index contributed by atoms with van der Waals surface area (Å²) in [4.78, 5) is 2.95. The van der Waals surface area contributed by atoms with Gasteiger partial charge in [-0.15, -0.1) is 11.3 Å². The van der Waals surface area contributed by atoms with Gasteiger partial charge in [0.25, 0.3) is 0 Å². The molecule has 7 nitrogen and oxygen atoms in total. The molecule has 0 unspecified atom stereocenters. The first-order chi connectivity index (χ1) is 7.68. The maximum Gasteiger partial charge on any atom is 1.00 e. The predicted octanol–water partition coefficient (Wildman–Crippen LogP) is -5.89. The molecule has 1 aromatic carbocycles. The molecular weight excluding hydrogens is 336 g/mol. The molecule has 0 amide bonds. The van der Waals surface area contributed by atoms with Crippen molar-refractivity contribution in [2.24, 2.45) is 0 Å². The number of fused-ring (bicyclic) bond motifs is 1. The zero-order chi connectivity index (χ0) is 12.8. The topological polar surface area (TPSA) is 127 Å². The van der Waals surface area contributed by atoms with Gasteiger partial charge in [0.2, 0.25) is 0 Å². The fourth-order valence-electron chi connectivity index (χ4n) is 1.15. The van der Waals surface area contributed by atoms with Crippen molar-refractivity contribution in [3.05, 3.63) is 18.2 Å². The van der Waals surface area contributed by atoms with Crippen molar-refractivity contribution < 1.29 is 85.1 Å². The van der Waals surface area contributed by atoms with Gasteiger partial charge in [0.15, 0.2) is 14.5 Å². The molecule has 0 aliphatic heterocycles. The summed E-state index contributed by atoms with van der Waals surface area (Å²) in [6.07, 6.45) is 0. The summed E-state index contributed by atoms with van der Waals surface area (Å²) in [7, 11) is -9.32. The first-order valence-electron chi connectivity index (χ1n) is 4.00. The van der Waals surface area contributed by atoms with E-state index in [2.05, 4.69) is 4.98 Å². The van der Waals surface area contributed by atoms with Gasteiger partial charge in [0.1, 0.15) is 10.1 Å². The van der Waals surface area contributed by atoms with E-state index in [1.54, 1.807) is 0 Å².